The molecule has 3 heteroatoms. The third kappa shape index (κ3) is 2.50. The van der Waals surface area contributed by atoms with Crippen molar-refractivity contribution in [2.45, 2.75) is 38.6 Å². The van der Waals surface area contributed by atoms with Gasteiger partial charge in [0.25, 0.3) is 0 Å². The van der Waals surface area contributed by atoms with Crippen LogP contribution in [0.5, 0.6) is 0 Å². The summed E-state index contributed by atoms with van der Waals surface area (Å²) in [6, 6.07) is 0. The Morgan fingerprint density at radius 2 is 2.09 bits per heavy atom. The lowest BCUT2D eigenvalue weighted by atomic mass is 9.92. The summed E-state index contributed by atoms with van der Waals surface area (Å²) in [6.07, 6.45) is 2.23. The van der Waals surface area contributed by atoms with Crippen molar-refractivity contribution >= 4 is 5.97 Å². The van der Waals surface area contributed by atoms with Crippen LogP contribution in [0.1, 0.15) is 33.1 Å². The van der Waals surface area contributed by atoms with E-state index in [1.54, 1.807) is 0 Å². The molecule has 0 saturated carbocycles. The summed E-state index contributed by atoms with van der Waals surface area (Å²) < 4.78 is 4.59. The minimum absolute atomic E-state index is 0.304. The van der Waals surface area contributed by atoms with Crippen molar-refractivity contribution in [3.05, 3.63) is 0 Å². The molecule has 2 N–H and O–H groups in total. The molecular formula is C8H17NO2. The highest BCUT2D eigenvalue weighted by molar-refractivity contribution is 5.80. The van der Waals surface area contributed by atoms with Crippen molar-refractivity contribution < 1.29 is 9.53 Å². The molecule has 0 spiro atoms. The zero-order valence-corrected chi connectivity index (χ0v) is 7.52. The van der Waals surface area contributed by atoms with E-state index < -0.39 is 5.54 Å². The van der Waals surface area contributed by atoms with Crippen LogP contribution in [0, 0.1) is 0 Å². The molecule has 0 aromatic heterocycles. The second-order valence-corrected chi connectivity index (χ2v) is 2.75. The quantitative estimate of drug-likeness (QED) is 0.624. The maximum atomic E-state index is 11.1. The first-order valence-electron chi connectivity index (χ1n) is 3.98. The second kappa shape index (κ2) is 4.34. The van der Waals surface area contributed by atoms with Crippen LogP contribution in [-0.4, -0.2) is 18.6 Å². The number of nitrogens with two attached hydrogens (primary N) is 1. The molecule has 0 bridgehead atoms. The Balaban J connectivity index is 4.19. The van der Waals surface area contributed by atoms with E-state index in [0.29, 0.717) is 12.8 Å². The summed E-state index contributed by atoms with van der Waals surface area (Å²) >= 11 is 0. The van der Waals surface area contributed by atoms with Crippen LogP contribution in [0.3, 0.4) is 0 Å². The molecule has 0 amide bonds. The van der Waals surface area contributed by atoms with Gasteiger partial charge in [0.1, 0.15) is 5.54 Å². The van der Waals surface area contributed by atoms with E-state index in [4.69, 9.17) is 5.73 Å². The lowest BCUT2D eigenvalue weighted by Crippen LogP contribution is -2.47. The van der Waals surface area contributed by atoms with Gasteiger partial charge < -0.3 is 10.5 Å². The van der Waals surface area contributed by atoms with E-state index in [0.717, 1.165) is 6.42 Å². The van der Waals surface area contributed by atoms with Gasteiger partial charge in [-0.25, -0.2) is 0 Å². The van der Waals surface area contributed by atoms with Crippen molar-refractivity contribution in [2.24, 2.45) is 5.73 Å². The maximum Gasteiger partial charge on any atom is 0.325 e. The Hall–Kier alpha value is -0.570. The van der Waals surface area contributed by atoms with E-state index in [2.05, 4.69) is 4.74 Å². The predicted octanol–water partition coefficient (Wildman–Crippen LogP) is 1.07. The first-order chi connectivity index (χ1) is 5.10. The molecule has 11 heavy (non-hydrogen) atoms. The lowest BCUT2D eigenvalue weighted by Gasteiger charge is -2.23. The Labute approximate surface area is 67.9 Å². The first-order valence-corrected chi connectivity index (χ1v) is 3.98. The van der Waals surface area contributed by atoms with E-state index >= 15 is 0 Å². The van der Waals surface area contributed by atoms with E-state index in [9.17, 15) is 4.79 Å². The van der Waals surface area contributed by atoms with Gasteiger partial charge in [-0.3, -0.25) is 4.79 Å². The number of esters is 1. The van der Waals surface area contributed by atoms with Crippen LogP contribution in [0.15, 0.2) is 0 Å². The van der Waals surface area contributed by atoms with Gasteiger partial charge in [-0.15, -0.1) is 0 Å². The third-order valence-corrected chi connectivity index (χ3v) is 1.92. The maximum absolute atomic E-state index is 11.1. The van der Waals surface area contributed by atoms with Crippen LogP contribution >= 0.6 is 0 Å². The summed E-state index contributed by atoms with van der Waals surface area (Å²) in [4.78, 5) is 11.1. The number of rotatable bonds is 4. The number of hydrogen-bond donors (Lipinski definition) is 1. The van der Waals surface area contributed by atoms with Crippen LogP contribution in [0.25, 0.3) is 0 Å². The average Bonchev–Trinajstić information content (AvgIpc) is 2.03. The van der Waals surface area contributed by atoms with Crippen molar-refractivity contribution in [1.82, 2.24) is 0 Å². The monoisotopic (exact) mass is 159 g/mol. The largest absolute Gasteiger partial charge is 0.468 e. The fraction of sp³-hybridized carbons (Fsp3) is 0.875. The van der Waals surface area contributed by atoms with Crippen LogP contribution in [0.4, 0.5) is 0 Å². The van der Waals surface area contributed by atoms with E-state index in [1.807, 2.05) is 13.8 Å². The molecule has 0 fully saturated rings. The number of carbonyl (C=O) groups excluding carboxylic acids is 1. The van der Waals surface area contributed by atoms with Gasteiger partial charge in [0.2, 0.25) is 0 Å². The zero-order chi connectivity index (χ0) is 8.91. The summed E-state index contributed by atoms with van der Waals surface area (Å²) in [5.74, 6) is -0.304. The van der Waals surface area contributed by atoms with Crippen LogP contribution in [-0.2, 0) is 9.53 Å². The molecule has 0 saturated heterocycles. The number of carbonyl (C=O) groups is 1. The standard InChI is InChI=1S/C8H17NO2/c1-4-6-8(9,5-2)7(10)11-3/h4-6,9H2,1-3H3/t8-/m1/s1. The van der Waals surface area contributed by atoms with Gasteiger partial charge in [0, 0.05) is 0 Å². The summed E-state index contributed by atoms with van der Waals surface area (Å²) in [5.41, 5.74) is 5.03. The smallest absolute Gasteiger partial charge is 0.325 e. The first kappa shape index (κ1) is 10.4. The van der Waals surface area contributed by atoms with Crippen LogP contribution in [0.2, 0.25) is 0 Å². The molecule has 0 rings (SSSR count). The molecule has 3 nitrogen and oxygen atoms in total. The minimum atomic E-state index is -0.760. The zero-order valence-electron chi connectivity index (χ0n) is 7.52. The molecule has 0 aromatic rings. The average molecular weight is 159 g/mol. The molecule has 66 valence electrons. The van der Waals surface area contributed by atoms with E-state index in [-0.39, 0.29) is 5.97 Å². The van der Waals surface area contributed by atoms with Gasteiger partial charge in [0.05, 0.1) is 7.11 Å². The minimum Gasteiger partial charge on any atom is -0.468 e. The fourth-order valence-corrected chi connectivity index (χ4v) is 1.07. The molecule has 0 radical (unpaired) electrons. The third-order valence-electron chi connectivity index (χ3n) is 1.92. The molecule has 0 heterocycles. The lowest BCUT2D eigenvalue weighted by molar-refractivity contribution is -0.147. The molecule has 0 aliphatic carbocycles. The molecule has 0 unspecified atom stereocenters. The highest BCUT2D eigenvalue weighted by Gasteiger charge is 2.31. The molecule has 0 aromatic carbocycles. The van der Waals surface area contributed by atoms with E-state index in [1.165, 1.54) is 7.11 Å². The molecule has 0 aliphatic rings. The SMILES string of the molecule is CCC[C@](N)(CC)C(=O)OC. The van der Waals surface area contributed by atoms with Crippen LogP contribution < -0.4 is 5.73 Å². The normalized spacial score (nSPS) is 15.6. The van der Waals surface area contributed by atoms with Gasteiger partial charge in [0.15, 0.2) is 0 Å². The second-order valence-electron chi connectivity index (χ2n) is 2.75. The number of methoxy groups -OCH3 is 1. The molecular weight excluding hydrogens is 142 g/mol. The number of ether oxygens (including phenoxy) is 1. The van der Waals surface area contributed by atoms with Gasteiger partial charge in [-0.05, 0) is 12.8 Å². The topological polar surface area (TPSA) is 52.3 Å². The highest BCUT2D eigenvalue weighted by Crippen LogP contribution is 2.15. The highest BCUT2D eigenvalue weighted by atomic mass is 16.5. The Morgan fingerprint density at radius 1 is 1.55 bits per heavy atom. The summed E-state index contributed by atoms with van der Waals surface area (Å²) in [7, 11) is 1.37. The van der Waals surface area contributed by atoms with Crippen molar-refractivity contribution in [1.29, 1.82) is 0 Å². The Morgan fingerprint density at radius 3 is 2.36 bits per heavy atom. The molecule has 0 aliphatic heterocycles. The fourth-order valence-electron chi connectivity index (χ4n) is 1.07. The number of hydrogen-bond acceptors (Lipinski definition) is 3. The predicted molar refractivity (Wildman–Crippen MR) is 44.1 cm³/mol. The molecule has 1 atom stereocenters. The summed E-state index contributed by atoms with van der Waals surface area (Å²) in [6.45, 7) is 3.90. The van der Waals surface area contributed by atoms with Crippen molar-refractivity contribution in [3.8, 4) is 0 Å². The summed E-state index contributed by atoms with van der Waals surface area (Å²) in [5, 5.41) is 0. The van der Waals surface area contributed by atoms with Crippen molar-refractivity contribution in [3.63, 3.8) is 0 Å². The van der Waals surface area contributed by atoms with Gasteiger partial charge in [-0.1, -0.05) is 20.3 Å². The Kier molecular flexibility index (Phi) is 4.11. The Bertz CT molecular complexity index is 136. The van der Waals surface area contributed by atoms with Crippen molar-refractivity contribution in [2.75, 3.05) is 7.11 Å². The van der Waals surface area contributed by atoms with Gasteiger partial charge in [-0.2, -0.15) is 0 Å². The van der Waals surface area contributed by atoms with Gasteiger partial charge >= 0.3 is 5.97 Å².